The molecule has 12 heavy (non-hydrogen) atoms. The minimum absolute atomic E-state index is 0.814. The van der Waals surface area contributed by atoms with E-state index in [4.69, 9.17) is 0 Å². The van der Waals surface area contributed by atoms with Crippen molar-refractivity contribution in [2.45, 2.75) is 11.9 Å². The summed E-state index contributed by atoms with van der Waals surface area (Å²) < 4.78 is 0. The predicted octanol–water partition coefficient (Wildman–Crippen LogP) is 1.99. The van der Waals surface area contributed by atoms with E-state index in [1.54, 1.807) is 11.8 Å². The lowest BCUT2D eigenvalue weighted by Crippen LogP contribution is -1.90. The predicted molar refractivity (Wildman–Crippen MR) is 50.4 cm³/mol. The molecule has 1 N–H and O–H groups in total. The van der Waals surface area contributed by atoms with E-state index < -0.39 is 0 Å². The molecule has 0 bridgehead atoms. The molecule has 0 saturated carbocycles. The minimum Gasteiger partial charge on any atom is -0.346 e. The third-order valence-electron chi connectivity index (χ3n) is 1.69. The summed E-state index contributed by atoms with van der Waals surface area (Å²) in [4.78, 5) is 11.7. The summed E-state index contributed by atoms with van der Waals surface area (Å²) in [5.41, 5.74) is 0.923. The number of aromatic amines is 1. The summed E-state index contributed by atoms with van der Waals surface area (Å²) in [6.07, 6.45) is 3.91. The molecule has 0 radical (unpaired) electrons. The molecule has 0 fully saturated rings. The number of fused-ring (bicyclic) bond motifs is 1. The first kappa shape index (κ1) is 7.61. The van der Waals surface area contributed by atoms with E-state index in [1.165, 1.54) is 0 Å². The minimum atomic E-state index is 0.814. The first-order chi connectivity index (χ1) is 5.81. The second-order valence-electron chi connectivity index (χ2n) is 2.52. The van der Waals surface area contributed by atoms with Gasteiger partial charge in [-0.2, -0.15) is 0 Å². The molecule has 0 aliphatic rings. The highest BCUT2D eigenvalue weighted by Crippen LogP contribution is 2.21. The van der Waals surface area contributed by atoms with Crippen molar-refractivity contribution in [3.05, 3.63) is 18.1 Å². The van der Waals surface area contributed by atoms with Crippen molar-refractivity contribution < 1.29 is 0 Å². The number of rotatable bonds is 1. The monoisotopic (exact) mass is 179 g/mol. The average molecular weight is 179 g/mol. The van der Waals surface area contributed by atoms with E-state index in [0.29, 0.717) is 0 Å². The number of aromatic nitrogens is 3. The highest BCUT2D eigenvalue weighted by molar-refractivity contribution is 7.98. The van der Waals surface area contributed by atoms with E-state index in [-0.39, 0.29) is 0 Å². The quantitative estimate of drug-likeness (QED) is 0.537. The van der Waals surface area contributed by atoms with Crippen LogP contribution >= 0.6 is 11.8 Å². The van der Waals surface area contributed by atoms with E-state index in [0.717, 1.165) is 21.9 Å². The Morgan fingerprint density at radius 3 is 3.00 bits per heavy atom. The van der Waals surface area contributed by atoms with Gasteiger partial charge in [0.25, 0.3) is 0 Å². The van der Waals surface area contributed by atoms with Crippen LogP contribution in [0, 0.1) is 6.92 Å². The lowest BCUT2D eigenvalue weighted by atomic mass is 10.4. The number of H-pyrrole nitrogens is 1. The molecule has 0 spiro atoms. The molecule has 0 aliphatic carbocycles. The van der Waals surface area contributed by atoms with Crippen LogP contribution in [0.4, 0.5) is 0 Å². The normalized spacial score (nSPS) is 10.8. The zero-order valence-corrected chi connectivity index (χ0v) is 7.77. The zero-order valence-electron chi connectivity index (χ0n) is 6.96. The fourth-order valence-corrected chi connectivity index (χ4v) is 1.78. The molecular formula is C8H9N3S. The van der Waals surface area contributed by atoms with Crippen molar-refractivity contribution in [2.75, 3.05) is 6.26 Å². The van der Waals surface area contributed by atoms with E-state index in [2.05, 4.69) is 15.0 Å². The van der Waals surface area contributed by atoms with Crippen LogP contribution in [-0.2, 0) is 0 Å². The van der Waals surface area contributed by atoms with Gasteiger partial charge in [0.2, 0.25) is 0 Å². The number of nitrogens with one attached hydrogen (secondary N) is 1. The van der Waals surface area contributed by atoms with Gasteiger partial charge in [0.15, 0.2) is 0 Å². The van der Waals surface area contributed by atoms with Crippen LogP contribution in [0.2, 0.25) is 0 Å². The smallest absolute Gasteiger partial charge is 0.142 e. The molecule has 2 rings (SSSR count). The van der Waals surface area contributed by atoms with Gasteiger partial charge in [0.1, 0.15) is 16.5 Å². The molecule has 3 nitrogen and oxygen atoms in total. The molecular weight excluding hydrogens is 170 g/mol. The van der Waals surface area contributed by atoms with E-state index in [9.17, 15) is 0 Å². The van der Waals surface area contributed by atoms with Crippen LogP contribution in [0.25, 0.3) is 11.0 Å². The topological polar surface area (TPSA) is 41.6 Å². The lowest BCUT2D eigenvalue weighted by Gasteiger charge is -1.98. The van der Waals surface area contributed by atoms with Crippen LogP contribution in [0.5, 0.6) is 0 Å². The van der Waals surface area contributed by atoms with E-state index in [1.807, 2.05) is 25.4 Å². The number of thioether (sulfide) groups is 1. The average Bonchev–Trinajstić information content (AvgIpc) is 2.50. The van der Waals surface area contributed by atoms with Gasteiger partial charge in [-0.25, -0.2) is 9.97 Å². The largest absolute Gasteiger partial charge is 0.346 e. The van der Waals surface area contributed by atoms with Gasteiger partial charge in [-0.1, -0.05) is 0 Å². The summed E-state index contributed by atoms with van der Waals surface area (Å²) in [5, 5.41) is 2.15. The van der Waals surface area contributed by atoms with Gasteiger partial charge < -0.3 is 4.98 Å². The summed E-state index contributed by atoms with van der Waals surface area (Å²) in [6, 6.07) is 2.00. The number of hydrogen-bond acceptors (Lipinski definition) is 3. The van der Waals surface area contributed by atoms with Gasteiger partial charge in [-0.05, 0) is 19.2 Å². The van der Waals surface area contributed by atoms with Crippen LogP contribution in [0.15, 0.2) is 17.3 Å². The molecule has 0 atom stereocenters. The highest BCUT2D eigenvalue weighted by atomic mass is 32.2. The Morgan fingerprint density at radius 2 is 2.25 bits per heavy atom. The van der Waals surface area contributed by atoms with Crippen molar-refractivity contribution >= 4 is 22.8 Å². The number of nitrogens with zero attached hydrogens (tertiary/aromatic N) is 2. The molecule has 2 aromatic heterocycles. The van der Waals surface area contributed by atoms with E-state index >= 15 is 0 Å². The maximum absolute atomic E-state index is 4.32. The molecule has 0 saturated heterocycles. The third-order valence-corrected chi connectivity index (χ3v) is 2.38. The van der Waals surface area contributed by atoms with Crippen molar-refractivity contribution in [3.63, 3.8) is 0 Å². The zero-order chi connectivity index (χ0) is 8.55. The van der Waals surface area contributed by atoms with Crippen molar-refractivity contribution in [2.24, 2.45) is 0 Å². The first-order valence-electron chi connectivity index (χ1n) is 3.67. The lowest BCUT2D eigenvalue weighted by molar-refractivity contribution is 1.01. The second-order valence-corrected chi connectivity index (χ2v) is 3.31. The van der Waals surface area contributed by atoms with Crippen LogP contribution in [0.1, 0.15) is 5.82 Å². The van der Waals surface area contributed by atoms with Gasteiger partial charge in [-0.3, -0.25) is 0 Å². The van der Waals surface area contributed by atoms with Crippen molar-refractivity contribution in [1.29, 1.82) is 0 Å². The Balaban J connectivity index is 2.80. The van der Waals surface area contributed by atoms with Gasteiger partial charge in [-0.15, -0.1) is 11.8 Å². The molecule has 0 aliphatic heterocycles. The molecule has 2 aromatic rings. The fourth-order valence-electron chi connectivity index (χ4n) is 1.18. The maximum Gasteiger partial charge on any atom is 0.142 e. The standard InChI is InChI=1S/C8H9N3S/c1-5-10-7-6(3-4-9-7)8(11-5)12-2/h3-4H,1-2H3,(H,9,10,11). The highest BCUT2D eigenvalue weighted by Gasteiger charge is 2.03. The summed E-state index contributed by atoms with van der Waals surface area (Å²) >= 11 is 1.65. The first-order valence-corrected chi connectivity index (χ1v) is 4.89. The third kappa shape index (κ3) is 1.08. The Kier molecular flexibility index (Phi) is 1.77. The summed E-state index contributed by atoms with van der Waals surface area (Å²) in [6.45, 7) is 1.90. The number of aryl methyl sites for hydroxylation is 1. The van der Waals surface area contributed by atoms with Crippen LogP contribution < -0.4 is 0 Å². The van der Waals surface area contributed by atoms with Crippen LogP contribution in [-0.4, -0.2) is 21.2 Å². The molecule has 2 heterocycles. The van der Waals surface area contributed by atoms with Crippen LogP contribution in [0.3, 0.4) is 0 Å². The van der Waals surface area contributed by atoms with Crippen molar-refractivity contribution in [3.8, 4) is 0 Å². The molecule has 62 valence electrons. The summed E-state index contributed by atoms with van der Waals surface area (Å²) in [7, 11) is 0. The molecule has 0 amide bonds. The number of hydrogen-bond donors (Lipinski definition) is 1. The fraction of sp³-hybridized carbons (Fsp3) is 0.250. The Bertz CT molecular complexity index is 408. The Hall–Kier alpha value is -1.03. The molecule has 0 unspecified atom stereocenters. The van der Waals surface area contributed by atoms with Gasteiger partial charge in [0.05, 0.1) is 5.39 Å². The van der Waals surface area contributed by atoms with Gasteiger partial charge >= 0.3 is 0 Å². The SMILES string of the molecule is CSc1nc(C)nc2[nH]ccc12. The maximum atomic E-state index is 4.32. The Morgan fingerprint density at radius 1 is 1.42 bits per heavy atom. The molecule has 4 heteroatoms. The van der Waals surface area contributed by atoms with Crippen molar-refractivity contribution in [1.82, 2.24) is 15.0 Å². The summed E-state index contributed by atoms with van der Waals surface area (Å²) in [5.74, 6) is 0.814. The Labute approximate surface area is 74.6 Å². The molecule has 0 aromatic carbocycles. The second kappa shape index (κ2) is 2.79. The van der Waals surface area contributed by atoms with Gasteiger partial charge in [0, 0.05) is 6.20 Å².